The third-order valence-electron chi connectivity index (χ3n) is 8.63. The minimum atomic E-state index is -1.06. The maximum absolute atomic E-state index is 14.9. The number of carbonyl (C=O) groups is 1. The number of hydrogen-bond acceptors (Lipinski definition) is 3. The molecule has 5 nitrogen and oxygen atoms in total. The summed E-state index contributed by atoms with van der Waals surface area (Å²) < 4.78 is 28.6. The molecular weight excluding hydrogens is 604 g/mol. The molecule has 2 aliphatic rings. The molecule has 210 valence electrons. The minimum Gasteiger partial charge on any atom is -0.478 e. The van der Waals surface area contributed by atoms with Crippen molar-refractivity contribution in [2.24, 2.45) is 0 Å². The number of halogens is 4. The molecule has 0 radical (unpaired) electrons. The summed E-state index contributed by atoms with van der Waals surface area (Å²) >= 11 is 9.44. The summed E-state index contributed by atoms with van der Waals surface area (Å²) in [5, 5.41) is 29.1. The number of carboxylic acids is 1. The molecule has 1 heterocycles. The van der Waals surface area contributed by atoms with Gasteiger partial charge in [0.05, 0.1) is 28.3 Å². The van der Waals surface area contributed by atoms with E-state index in [1.807, 2.05) is 12.1 Å². The number of benzene rings is 3. The third-order valence-corrected chi connectivity index (χ3v) is 9.59. The molecule has 6 rings (SSSR count). The van der Waals surface area contributed by atoms with Crippen molar-refractivity contribution in [2.45, 2.75) is 49.4 Å². The number of H-pyrrole nitrogens is 1. The van der Waals surface area contributed by atoms with Crippen molar-refractivity contribution in [1.82, 2.24) is 4.98 Å². The number of aromatic amines is 1. The topological polar surface area (TPSA) is 93.5 Å². The van der Waals surface area contributed by atoms with Crippen LogP contribution in [-0.4, -0.2) is 39.5 Å². The number of aromatic carboxylic acids is 1. The van der Waals surface area contributed by atoms with Crippen LogP contribution in [0, 0.1) is 11.6 Å². The molecule has 9 heteroatoms. The summed E-state index contributed by atoms with van der Waals surface area (Å²) in [7, 11) is 0. The highest BCUT2D eigenvalue weighted by Gasteiger charge is 2.39. The Bertz CT molecular complexity index is 1570. The first-order valence-electron chi connectivity index (χ1n) is 13.1. The molecule has 0 spiro atoms. The molecule has 0 unspecified atom stereocenters. The molecule has 4 aromatic rings. The van der Waals surface area contributed by atoms with Gasteiger partial charge in [-0.2, -0.15) is 0 Å². The van der Waals surface area contributed by atoms with Crippen LogP contribution in [0.15, 0.2) is 59.2 Å². The summed E-state index contributed by atoms with van der Waals surface area (Å²) in [6.07, 6.45) is 7.17. The SMILES string of the molecule is O=C(O)c1c[nH]c2cc(Cl)c(-c3ccc(C4(CO)CCC4)cc3F)cc12.OCC1(c2ccc(Br)c(F)c2)CCC1. The van der Waals surface area contributed by atoms with Crippen molar-refractivity contribution >= 4 is 44.4 Å². The Morgan fingerprint density at radius 3 is 1.93 bits per heavy atom. The third kappa shape index (κ3) is 5.07. The Morgan fingerprint density at radius 1 is 0.875 bits per heavy atom. The van der Waals surface area contributed by atoms with Crippen molar-refractivity contribution in [3.63, 3.8) is 0 Å². The zero-order valence-electron chi connectivity index (χ0n) is 21.6. The molecule has 4 N–H and O–H groups in total. The predicted octanol–water partition coefficient (Wildman–Crippen LogP) is 7.74. The summed E-state index contributed by atoms with van der Waals surface area (Å²) in [5.41, 5.74) is 2.66. The highest BCUT2D eigenvalue weighted by molar-refractivity contribution is 9.10. The van der Waals surface area contributed by atoms with Crippen LogP contribution in [0.5, 0.6) is 0 Å². The van der Waals surface area contributed by atoms with Crippen molar-refractivity contribution in [3.05, 3.63) is 92.5 Å². The lowest BCUT2D eigenvalue weighted by Crippen LogP contribution is -2.37. The Hall–Kier alpha value is -2.78. The predicted molar refractivity (Wildman–Crippen MR) is 155 cm³/mol. The van der Waals surface area contributed by atoms with Crippen molar-refractivity contribution < 1.29 is 28.9 Å². The smallest absolute Gasteiger partial charge is 0.337 e. The second-order valence-electron chi connectivity index (χ2n) is 10.8. The van der Waals surface area contributed by atoms with Crippen LogP contribution < -0.4 is 0 Å². The van der Waals surface area contributed by atoms with E-state index < -0.39 is 11.8 Å². The molecule has 1 aromatic heterocycles. The van der Waals surface area contributed by atoms with E-state index in [2.05, 4.69) is 20.9 Å². The van der Waals surface area contributed by atoms with E-state index in [4.69, 9.17) is 11.6 Å². The van der Waals surface area contributed by atoms with Crippen LogP contribution >= 0.6 is 27.5 Å². The van der Waals surface area contributed by atoms with E-state index in [0.29, 0.717) is 31.5 Å². The van der Waals surface area contributed by atoms with E-state index in [-0.39, 0.29) is 35.4 Å². The summed E-state index contributed by atoms with van der Waals surface area (Å²) in [6, 6.07) is 13.3. The zero-order chi connectivity index (χ0) is 28.7. The fraction of sp³-hybridized carbons (Fsp3) is 0.323. The fourth-order valence-electron chi connectivity index (χ4n) is 5.70. The van der Waals surface area contributed by atoms with E-state index in [1.54, 1.807) is 24.3 Å². The van der Waals surface area contributed by atoms with Crippen LogP contribution in [0.3, 0.4) is 0 Å². The number of rotatable bonds is 6. The Balaban J connectivity index is 0.000000194. The Labute approximate surface area is 243 Å². The largest absolute Gasteiger partial charge is 0.478 e. The molecule has 40 heavy (non-hydrogen) atoms. The van der Waals surface area contributed by atoms with Gasteiger partial charge in [-0.05, 0) is 83.1 Å². The number of aliphatic hydroxyl groups is 2. The lowest BCUT2D eigenvalue weighted by molar-refractivity contribution is 0.0699. The number of aromatic nitrogens is 1. The Morgan fingerprint density at radius 2 is 1.45 bits per heavy atom. The average Bonchev–Trinajstić information content (AvgIpc) is 3.29. The van der Waals surface area contributed by atoms with Gasteiger partial charge in [0.15, 0.2) is 0 Å². The lowest BCUT2D eigenvalue weighted by atomic mass is 9.65. The molecule has 0 amide bonds. The molecule has 2 fully saturated rings. The summed E-state index contributed by atoms with van der Waals surface area (Å²) in [4.78, 5) is 14.2. The second kappa shape index (κ2) is 11.2. The van der Waals surface area contributed by atoms with Crippen molar-refractivity contribution in [2.75, 3.05) is 13.2 Å². The number of carboxylic acid groups (broad SMARTS) is 1. The number of fused-ring (bicyclic) bond motifs is 1. The van der Waals surface area contributed by atoms with Gasteiger partial charge in [-0.25, -0.2) is 13.6 Å². The number of aliphatic hydroxyl groups excluding tert-OH is 2. The number of hydrogen-bond donors (Lipinski definition) is 4. The normalized spacial score (nSPS) is 16.9. The van der Waals surface area contributed by atoms with Gasteiger partial charge in [0.25, 0.3) is 0 Å². The summed E-state index contributed by atoms with van der Waals surface area (Å²) in [5.74, 6) is -1.74. The zero-order valence-corrected chi connectivity index (χ0v) is 24.0. The van der Waals surface area contributed by atoms with Gasteiger partial charge in [-0.3, -0.25) is 0 Å². The average molecular weight is 633 g/mol. The first kappa shape index (κ1) is 28.7. The minimum absolute atomic E-state index is 0.00379. The van der Waals surface area contributed by atoms with Crippen LogP contribution in [-0.2, 0) is 10.8 Å². The first-order chi connectivity index (χ1) is 19.1. The van der Waals surface area contributed by atoms with Gasteiger partial charge in [0.2, 0.25) is 0 Å². The van der Waals surface area contributed by atoms with Gasteiger partial charge in [0, 0.05) is 39.1 Å². The maximum Gasteiger partial charge on any atom is 0.337 e. The molecule has 0 atom stereocenters. The first-order valence-corrected chi connectivity index (χ1v) is 14.3. The van der Waals surface area contributed by atoms with Crippen molar-refractivity contribution in [3.8, 4) is 11.1 Å². The highest BCUT2D eigenvalue weighted by atomic mass is 79.9. The quantitative estimate of drug-likeness (QED) is 0.175. The highest BCUT2D eigenvalue weighted by Crippen LogP contribution is 2.45. The van der Waals surface area contributed by atoms with E-state index in [9.17, 15) is 28.9 Å². The lowest BCUT2D eigenvalue weighted by Gasteiger charge is -2.41. The number of nitrogens with one attached hydrogen (secondary N) is 1. The molecule has 0 aliphatic heterocycles. The molecule has 3 aromatic carbocycles. The Kier molecular flexibility index (Phi) is 8.08. The maximum atomic E-state index is 14.9. The van der Waals surface area contributed by atoms with Gasteiger partial charge in [0.1, 0.15) is 11.6 Å². The molecule has 2 aliphatic carbocycles. The molecule has 0 saturated heterocycles. The fourth-order valence-corrected chi connectivity index (χ4v) is 6.21. The molecular formula is C31H29BrClF2NO4. The van der Waals surface area contributed by atoms with Crippen LogP contribution in [0.2, 0.25) is 5.02 Å². The van der Waals surface area contributed by atoms with Crippen LogP contribution in [0.1, 0.15) is 60.0 Å². The van der Waals surface area contributed by atoms with Crippen LogP contribution in [0.25, 0.3) is 22.0 Å². The van der Waals surface area contributed by atoms with Crippen molar-refractivity contribution in [1.29, 1.82) is 0 Å². The van der Waals surface area contributed by atoms with Gasteiger partial charge < -0.3 is 20.3 Å². The monoisotopic (exact) mass is 631 g/mol. The van der Waals surface area contributed by atoms with Gasteiger partial charge in [-0.1, -0.05) is 42.6 Å². The van der Waals surface area contributed by atoms with Gasteiger partial charge in [-0.15, -0.1) is 0 Å². The second-order valence-corrected chi connectivity index (χ2v) is 12.1. The standard InChI is InChI=1S/C20H17ClFNO3.C11H12BrFO/c21-16-8-18-14(15(9-23-18)19(25)26)7-13(16)12-3-2-11(6-17(12)22)20(10-24)4-1-5-20;12-9-3-2-8(6-10(9)13)11(7-14)4-1-5-11/h2-3,6-9,23-24H,1,4-5,10H2,(H,25,26);2-3,6,14H,1,4-5,7H2. The van der Waals surface area contributed by atoms with E-state index >= 15 is 0 Å². The van der Waals surface area contributed by atoms with E-state index in [1.165, 1.54) is 18.3 Å². The summed E-state index contributed by atoms with van der Waals surface area (Å²) in [6.45, 7) is 0.123. The molecule has 2 saturated carbocycles. The molecule has 0 bridgehead atoms. The van der Waals surface area contributed by atoms with Gasteiger partial charge >= 0.3 is 5.97 Å². The van der Waals surface area contributed by atoms with E-state index in [0.717, 1.165) is 49.7 Å². The van der Waals surface area contributed by atoms with Crippen LogP contribution in [0.4, 0.5) is 8.78 Å².